The second kappa shape index (κ2) is 5.09. The molecule has 3 heterocycles. The lowest BCUT2D eigenvalue weighted by atomic mass is 9.96. The number of ether oxygens (including phenoxy) is 1. The zero-order valence-electron chi connectivity index (χ0n) is 12.8. The summed E-state index contributed by atoms with van der Waals surface area (Å²) in [6.07, 6.45) is 9.49. The molecule has 1 spiro atoms. The van der Waals surface area contributed by atoms with E-state index in [2.05, 4.69) is 10.3 Å². The third-order valence-electron chi connectivity index (χ3n) is 4.89. The van der Waals surface area contributed by atoms with Crippen LogP contribution in [-0.2, 0) is 4.74 Å². The van der Waals surface area contributed by atoms with Gasteiger partial charge in [-0.25, -0.2) is 4.98 Å². The van der Waals surface area contributed by atoms with Crippen molar-refractivity contribution in [3.05, 3.63) is 35.8 Å². The standard InChI is InChI=1S/C17H21N3O2/c1-12-9-20-10-13(4-5-15(20)18-12)16(21)19-14-8-17(22-11-14)6-2-3-7-17/h4-5,9-10,14H,2-3,6-8,11H2,1H3,(H,19,21)/t14-/m1/s1. The summed E-state index contributed by atoms with van der Waals surface area (Å²) in [7, 11) is 0. The van der Waals surface area contributed by atoms with Crippen molar-refractivity contribution in [1.82, 2.24) is 14.7 Å². The van der Waals surface area contributed by atoms with Crippen LogP contribution < -0.4 is 5.32 Å². The van der Waals surface area contributed by atoms with E-state index < -0.39 is 0 Å². The van der Waals surface area contributed by atoms with Crippen LogP contribution in [0, 0.1) is 6.92 Å². The topological polar surface area (TPSA) is 55.6 Å². The van der Waals surface area contributed by atoms with Crippen LogP contribution in [0.2, 0.25) is 0 Å². The van der Waals surface area contributed by atoms with E-state index >= 15 is 0 Å². The molecule has 22 heavy (non-hydrogen) atoms. The Morgan fingerprint density at radius 3 is 3.00 bits per heavy atom. The number of pyridine rings is 1. The van der Waals surface area contributed by atoms with E-state index in [0.717, 1.165) is 30.6 Å². The number of carbonyl (C=O) groups is 1. The van der Waals surface area contributed by atoms with Gasteiger partial charge in [0.1, 0.15) is 5.65 Å². The molecule has 5 nitrogen and oxygen atoms in total. The van der Waals surface area contributed by atoms with Crippen molar-refractivity contribution in [1.29, 1.82) is 0 Å². The van der Waals surface area contributed by atoms with E-state index in [4.69, 9.17) is 4.74 Å². The molecule has 1 saturated heterocycles. The van der Waals surface area contributed by atoms with E-state index in [-0.39, 0.29) is 17.6 Å². The van der Waals surface area contributed by atoms with Gasteiger partial charge in [-0.1, -0.05) is 12.8 Å². The first kappa shape index (κ1) is 13.8. The number of aryl methyl sites for hydroxylation is 1. The Bertz CT molecular complexity index is 716. The number of hydrogen-bond donors (Lipinski definition) is 1. The van der Waals surface area contributed by atoms with Crippen molar-refractivity contribution in [2.24, 2.45) is 0 Å². The minimum atomic E-state index is -0.0306. The van der Waals surface area contributed by atoms with Crippen molar-refractivity contribution in [2.45, 2.75) is 50.7 Å². The Labute approximate surface area is 129 Å². The van der Waals surface area contributed by atoms with Crippen LogP contribution >= 0.6 is 0 Å². The Morgan fingerprint density at radius 1 is 1.36 bits per heavy atom. The quantitative estimate of drug-likeness (QED) is 0.927. The van der Waals surface area contributed by atoms with Crippen molar-refractivity contribution < 1.29 is 9.53 Å². The first-order valence-electron chi connectivity index (χ1n) is 8.04. The number of nitrogens with one attached hydrogen (secondary N) is 1. The fraction of sp³-hybridized carbons (Fsp3) is 0.529. The molecule has 0 unspecified atom stereocenters. The van der Waals surface area contributed by atoms with E-state index in [1.807, 2.05) is 35.9 Å². The molecule has 2 aromatic heterocycles. The van der Waals surface area contributed by atoms with E-state index in [0.29, 0.717) is 12.2 Å². The summed E-state index contributed by atoms with van der Waals surface area (Å²) >= 11 is 0. The lowest BCUT2D eigenvalue weighted by Gasteiger charge is -2.21. The van der Waals surface area contributed by atoms with Crippen LogP contribution in [0.25, 0.3) is 5.65 Å². The van der Waals surface area contributed by atoms with Crippen LogP contribution in [0.3, 0.4) is 0 Å². The zero-order valence-corrected chi connectivity index (χ0v) is 12.8. The smallest absolute Gasteiger partial charge is 0.253 e. The summed E-state index contributed by atoms with van der Waals surface area (Å²) in [5, 5.41) is 3.12. The highest BCUT2D eigenvalue weighted by Crippen LogP contribution is 2.40. The molecular formula is C17H21N3O2. The van der Waals surface area contributed by atoms with Gasteiger partial charge in [0, 0.05) is 12.4 Å². The molecule has 1 atom stereocenters. The van der Waals surface area contributed by atoms with Crippen LogP contribution in [0.5, 0.6) is 0 Å². The Hall–Kier alpha value is -1.88. The molecule has 1 saturated carbocycles. The Balaban J connectivity index is 1.47. The lowest BCUT2D eigenvalue weighted by molar-refractivity contribution is 0.00988. The molecule has 0 aromatic carbocycles. The first-order valence-corrected chi connectivity index (χ1v) is 8.04. The molecule has 1 N–H and O–H groups in total. The minimum Gasteiger partial charge on any atom is -0.373 e. The summed E-state index contributed by atoms with van der Waals surface area (Å²) in [5.41, 5.74) is 2.52. The number of imidazole rings is 1. The van der Waals surface area contributed by atoms with Crippen LogP contribution in [-0.4, -0.2) is 33.5 Å². The summed E-state index contributed by atoms with van der Waals surface area (Å²) in [6, 6.07) is 3.84. The third kappa shape index (κ3) is 2.39. The maximum Gasteiger partial charge on any atom is 0.253 e. The molecule has 2 fully saturated rings. The molecule has 2 aromatic rings. The zero-order chi connectivity index (χ0) is 15.2. The maximum absolute atomic E-state index is 12.5. The molecule has 4 rings (SSSR count). The van der Waals surface area contributed by atoms with E-state index in [9.17, 15) is 4.79 Å². The van der Waals surface area contributed by atoms with E-state index in [1.165, 1.54) is 12.8 Å². The number of rotatable bonds is 2. The number of aromatic nitrogens is 2. The van der Waals surface area contributed by atoms with Gasteiger partial charge in [-0.3, -0.25) is 4.79 Å². The largest absolute Gasteiger partial charge is 0.373 e. The monoisotopic (exact) mass is 299 g/mol. The van der Waals surface area contributed by atoms with Gasteiger partial charge in [0.25, 0.3) is 5.91 Å². The predicted molar refractivity (Wildman–Crippen MR) is 83.0 cm³/mol. The molecule has 5 heteroatoms. The van der Waals surface area contributed by atoms with Gasteiger partial charge in [0.05, 0.1) is 29.5 Å². The van der Waals surface area contributed by atoms with Gasteiger partial charge >= 0.3 is 0 Å². The normalized spacial score (nSPS) is 23.4. The minimum absolute atomic E-state index is 0.0306. The van der Waals surface area contributed by atoms with Gasteiger partial charge in [-0.2, -0.15) is 0 Å². The summed E-state index contributed by atoms with van der Waals surface area (Å²) in [4.78, 5) is 16.8. The van der Waals surface area contributed by atoms with Gasteiger partial charge < -0.3 is 14.5 Å². The molecule has 0 bridgehead atoms. The summed E-state index contributed by atoms with van der Waals surface area (Å²) < 4.78 is 7.89. The molecule has 1 aliphatic carbocycles. The predicted octanol–water partition coefficient (Wildman–Crippen LogP) is 2.47. The van der Waals surface area contributed by atoms with Crippen molar-refractivity contribution in [3.63, 3.8) is 0 Å². The Kier molecular flexibility index (Phi) is 3.18. The molecule has 116 valence electrons. The highest BCUT2D eigenvalue weighted by atomic mass is 16.5. The number of amides is 1. The fourth-order valence-electron chi connectivity index (χ4n) is 3.83. The average Bonchev–Trinajstić information content (AvgIpc) is 3.19. The van der Waals surface area contributed by atoms with Crippen molar-refractivity contribution >= 4 is 11.6 Å². The first-order chi connectivity index (χ1) is 10.6. The van der Waals surface area contributed by atoms with Crippen molar-refractivity contribution in [3.8, 4) is 0 Å². The number of fused-ring (bicyclic) bond motifs is 1. The molecular weight excluding hydrogens is 278 g/mol. The second-order valence-corrected chi connectivity index (χ2v) is 6.64. The van der Waals surface area contributed by atoms with Crippen LogP contribution in [0.1, 0.15) is 48.2 Å². The molecule has 1 aliphatic heterocycles. The van der Waals surface area contributed by atoms with E-state index in [1.54, 1.807) is 0 Å². The maximum atomic E-state index is 12.5. The van der Waals surface area contributed by atoms with Gasteiger partial charge in [0.2, 0.25) is 0 Å². The molecule has 1 amide bonds. The third-order valence-corrected chi connectivity index (χ3v) is 4.89. The highest BCUT2D eigenvalue weighted by molar-refractivity contribution is 5.94. The van der Waals surface area contributed by atoms with Crippen LogP contribution in [0.4, 0.5) is 0 Å². The number of nitrogens with zero attached hydrogens (tertiary/aromatic N) is 2. The Morgan fingerprint density at radius 2 is 2.18 bits per heavy atom. The lowest BCUT2D eigenvalue weighted by Crippen LogP contribution is -2.36. The van der Waals surface area contributed by atoms with Crippen LogP contribution in [0.15, 0.2) is 24.5 Å². The van der Waals surface area contributed by atoms with Gasteiger partial charge in [-0.05, 0) is 38.3 Å². The summed E-state index contributed by atoms with van der Waals surface area (Å²) in [6.45, 7) is 2.59. The van der Waals surface area contributed by atoms with Gasteiger partial charge in [-0.15, -0.1) is 0 Å². The molecule has 0 radical (unpaired) electrons. The second-order valence-electron chi connectivity index (χ2n) is 6.64. The highest BCUT2D eigenvalue weighted by Gasteiger charge is 2.42. The molecule has 2 aliphatic rings. The fourth-order valence-corrected chi connectivity index (χ4v) is 3.83. The SMILES string of the molecule is Cc1cn2cc(C(=O)N[C@H]3COC4(CCCC4)C3)ccc2n1. The average molecular weight is 299 g/mol. The van der Waals surface area contributed by atoms with Crippen molar-refractivity contribution in [2.75, 3.05) is 6.61 Å². The number of hydrogen-bond acceptors (Lipinski definition) is 3. The number of carbonyl (C=O) groups excluding carboxylic acids is 1. The summed E-state index contributed by atoms with van der Waals surface area (Å²) in [5.74, 6) is -0.0306. The van der Waals surface area contributed by atoms with Gasteiger partial charge in [0.15, 0.2) is 0 Å².